The van der Waals surface area contributed by atoms with E-state index >= 15 is 0 Å². The Bertz CT molecular complexity index is 553. The van der Waals surface area contributed by atoms with Crippen LogP contribution in [-0.2, 0) is 9.59 Å². The number of carbonyl (C=O) groups excluding carboxylic acids is 2. The largest absolute Gasteiger partial charge is 0.344 e. The SMILES string of the molecule is Cc1cc(C)nc(SCC(=O)N[C@H](C)C(=O)N2CCCCC2)n1. The van der Waals surface area contributed by atoms with E-state index in [9.17, 15) is 9.59 Å². The molecule has 126 valence electrons. The van der Waals surface area contributed by atoms with Crippen LogP contribution in [0, 0.1) is 13.8 Å². The number of aryl methyl sites for hydroxylation is 2. The molecule has 0 unspecified atom stereocenters. The lowest BCUT2D eigenvalue weighted by molar-refractivity contribution is -0.136. The van der Waals surface area contributed by atoms with Crippen molar-refractivity contribution in [1.29, 1.82) is 0 Å². The Morgan fingerprint density at radius 1 is 1.22 bits per heavy atom. The van der Waals surface area contributed by atoms with Crippen molar-refractivity contribution in [3.63, 3.8) is 0 Å². The second-order valence-corrected chi connectivity index (χ2v) is 6.84. The molecule has 23 heavy (non-hydrogen) atoms. The van der Waals surface area contributed by atoms with Crippen LogP contribution in [0.4, 0.5) is 0 Å². The predicted molar refractivity (Wildman–Crippen MR) is 90.3 cm³/mol. The summed E-state index contributed by atoms with van der Waals surface area (Å²) in [6.07, 6.45) is 3.27. The van der Waals surface area contributed by atoms with Gasteiger partial charge in [-0.15, -0.1) is 0 Å². The summed E-state index contributed by atoms with van der Waals surface area (Å²) in [5, 5.41) is 3.36. The summed E-state index contributed by atoms with van der Waals surface area (Å²) in [7, 11) is 0. The molecule has 0 bridgehead atoms. The van der Waals surface area contributed by atoms with Crippen molar-refractivity contribution in [1.82, 2.24) is 20.2 Å². The molecule has 2 amide bonds. The fourth-order valence-corrected chi connectivity index (χ4v) is 3.38. The van der Waals surface area contributed by atoms with E-state index in [2.05, 4.69) is 15.3 Å². The molecule has 1 atom stereocenters. The molecular formula is C16H24N4O2S. The predicted octanol–water partition coefficient (Wildman–Crippen LogP) is 1.70. The third-order valence-electron chi connectivity index (χ3n) is 3.71. The Hall–Kier alpha value is -1.63. The lowest BCUT2D eigenvalue weighted by atomic mass is 10.1. The highest BCUT2D eigenvalue weighted by atomic mass is 32.2. The van der Waals surface area contributed by atoms with Crippen LogP contribution < -0.4 is 5.32 Å². The molecule has 1 aliphatic rings. The highest BCUT2D eigenvalue weighted by Crippen LogP contribution is 2.14. The zero-order chi connectivity index (χ0) is 16.8. The highest BCUT2D eigenvalue weighted by Gasteiger charge is 2.23. The maximum atomic E-state index is 12.3. The first-order chi connectivity index (χ1) is 11.0. The van der Waals surface area contributed by atoms with Gasteiger partial charge in [0, 0.05) is 24.5 Å². The molecule has 1 aromatic rings. The number of aromatic nitrogens is 2. The van der Waals surface area contributed by atoms with Crippen LogP contribution in [0.3, 0.4) is 0 Å². The van der Waals surface area contributed by atoms with Crippen LogP contribution in [0.25, 0.3) is 0 Å². The van der Waals surface area contributed by atoms with Gasteiger partial charge in [0.2, 0.25) is 11.8 Å². The van der Waals surface area contributed by atoms with Crippen molar-refractivity contribution in [2.24, 2.45) is 0 Å². The smallest absolute Gasteiger partial charge is 0.244 e. The minimum atomic E-state index is -0.485. The number of carbonyl (C=O) groups is 2. The van der Waals surface area contributed by atoms with Crippen molar-refractivity contribution in [2.75, 3.05) is 18.8 Å². The number of rotatable bonds is 5. The van der Waals surface area contributed by atoms with Crippen LogP contribution in [0.15, 0.2) is 11.2 Å². The maximum Gasteiger partial charge on any atom is 0.244 e. The van der Waals surface area contributed by atoms with Crippen molar-refractivity contribution in [2.45, 2.75) is 51.2 Å². The average Bonchev–Trinajstić information content (AvgIpc) is 2.52. The fourth-order valence-electron chi connectivity index (χ4n) is 2.62. The minimum absolute atomic E-state index is 0.00528. The second-order valence-electron chi connectivity index (χ2n) is 5.90. The molecule has 6 nitrogen and oxygen atoms in total. The summed E-state index contributed by atoms with van der Waals surface area (Å²) in [5.74, 6) is 0.0434. The summed E-state index contributed by atoms with van der Waals surface area (Å²) in [6, 6.07) is 1.41. The standard InChI is InChI=1S/C16H24N4O2S/c1-11-9-12(2)18-16(17-11)23-10-14(21)19-13(3)15(22)20-7-5-4-6-8-20/h9,13H,4-8,10H2,1-3H3,(H,19,21)/t13-/m1/s1. The number of piperidine rings is 1. The lowest BCUT2D eigenvalue weighted by Gasteiger charge is -2.29. The molecule has 7 heteroatoms. The Labute approximate surface area is 141 Å². The van der Waals surface area contributed by atoms with E-state index in [1.807, 2.05) is 24.8 Å². The number of nitrogens with one attached hydrogen (secondary N) is 1. The van der Waals surface area contributed by atoms with Gasteiger partial charge in [-0.25, -0.2) is 9.97 Å². The third kappa shape index (κ3) is 5.49. The Balaban J connectivity index is 1.80. The molecular weight excluding hydrogens is 312 g/mol. The average molecular weight is 336 g/mol. The number of amides is 2. The van der Waals surface area contributed by atoms with E-state index in [4.69, 9.17) is 0 Å². The van der Waals surface area contributed by atoms with Crippen LogP contribution in [0.2, 0.25) is 0 Å². The van der Waals surface area contributed by atoms with Crippen molar-refractivity contribution in [3.8, 4) is 0 Å². The van der Waals surface area contributed by atoms with E-state index in [0.29, 0.717) is 5.16 Å². The summed E-state index contributed by atoms with van der Waals surface area (Å²) < 4.78 is 0. The molecule has 2 heterocycles. The molecule has 1 saturated heterocycles. The van der Waals surface area contributed by atoms with Gasteiger partial charge in [-0.2, -0.15) is 0 Å². The third-order valence-corrected chi connectivity index (χ3v) is 4.56. The Morgan fingerprint density at radius 2 is 1.83 bits per heavy atom. The van der Waals surface area contributed by atoms with Gasteiger partial charge < -0.3 is 10.2 Å². The normalized spacial score (nSPS) is 16.0. The molecule has 0 saturated carbocycles. The highest BCUT2D eigenvalue weighted by molar-refractivity contribution is 7.99. The van der Waals surface area contributed by atoms with E-state index in [1.165, 1.54) is 18.2 Å². The molecule has 0 aromatic carbocycles. The first-order valence-corrected chi connectivity index (χ1v) is 8.97. The molecule has 0 radical (unpaired) electrons. The number of thioether (sulfide) groups is 1. The second kappa shape index (κ2) is 8.29. The van der Waals surface area contributed by atoms with Crippen molar-refractivity contribution >= 4 is 23.6 Å². The van der Waals surface area contributed by atoms with Gasteiger partial charge in [-0.3, -0.25) is 9.59 Å². The zero-order valence-corrected chi connectivity index (χ0v) is 14.8. The number of hydrogen-bond acceptors (Lipinski definition) is 5. The molecule has 2 rings (SSSR count). The van der Waals surface area contributed by atoms with E-state index in [1.54, 1.807) is 6.92 Å². The van der Waals surface area contributed by atoms with Crippen LogP contribution in [0.5, 0.6) is 0 Å². The van der Waals surface area contributed by atoms with E-state index < -0.39 is 6.04 Å². The first-order valence-electron chi connectivity index (χ1n) is 7.99. The monoisotopic (exact) mass is 336 g/mol. The lowest BCUT2D eigenvalue weighted by Crippen LogP contribution is -2.48. The van der Waals surface area contributed by atoms with E-state index in [-0.39, 0.29) is 17.6 Å². The van der Waals surface area contributed by atoms with Gasteiger partial charge in [0.15, 0.2) is 5.16 Å². The minimum Gasteiger partial charge on any atom is -0.344 e. The molecule has 0 aliphatic carbocycles. The van der Waals surface area contributed by atoms with Crippen LogP contribution >= 0.6 is 11.8 Å². The quantitative estimate of drug-likeness (QED) is 0.654. The first kappa shape index (κ1) is 17.7. The molecule has 1 fully saturated rings. The van der Waals surface area contributed by atoms with Gasteiger partial charge >= 0.3 is 0 Å². The fraction of sp³-hybridized carbons (Fsp3) is 0.625. The topological polar surface area (TPSA) is 75.2 Å². The Morgan fingerprint density at radius 3 is 2.43 bits per heavy atom. The summed E-state index contributed by atoms with van der Waals surface area (Å²) >= 11 is 1.29. The molecule has 1 aliphatic heterocycles. The van der Waals surface area contributed by atoms with Crippen molar-refractivity contribution < 1.29 is 9.59 Å². The van der Waals surface area contributed by atoms with E-state index in [0.717, 1.165) is 37.3 Å². The molecule has 0 spiro atoms. The van der Waals surface area contributed by atoms with Crippen LogP contribution in [0.1, 0.15) is 37.6 Å². The van der Waals surface area contributed by atoms with Gasteiger partial charge in [-0.1, -0.05) is 11.8 Å². The van der Waals surface area contributed by atoms with Gasteiger partial charge in [0.1, 0.15) is 6.04 Å². The maximum absolute atomic E-state index is 12.3. The number of nitrogens with zero attached hydrogens (tertiary/aromatic N) is 3. The zero-order valence-electron chi connectivity index (χ0n) is 14.0. The summed E-state index contributed by atoms with van der Waals surface area (Å²) in [5.41, 5.74) is 1.77. The number of likely N-dealkylation sites (tertiary alicyclic amines) is 1. The molecule has 1 aromatic heterocycles. The summed E-state index contributed by atoms with van der Waals surface area (Å²) in [6.45, 7) is 7.14. The molecule has 1 N–H and O–H groups in total. The Kier molecular flexibility index (Phi) is 6.38. The summed E-state index contributed by atoms with van der Waals surface area (Å²) in [4.78, 5) is 34.7. The van der Waals surface area contributed by atoms with Crippen LogP contribution in [-0.4, -0.2) is 51.6 Å². The van der Waals surface area contributed by atoms with Crippen molar-refractivity contribution in [3.05, 3.63) is 17.5 Å². The van der Waals surface area contributed by atoms with Gasteiger partial charge in [0.25, 0.3) is 0 Å². The van der Waals surface area contributed by atoms with Gasteiger partial charge in [-0.05, 0) is 46.1 Å². The number of hydrogen-bond donors (Lipinski definition) is 1. The van der Waals surface area contributed by atoms with Gasteiger partial charge in [0.05, 0.1) is 5.75 Å².